The van der Waals surface area contributed by atoms with Gasteiger partial charge in [-0.1, -0.05) is 25.1 Å². The molecule has 100 valence electrons. The van der Waals surface area contributed by atoms with Gasteiger partial charge in [0.05, 0.1) is 0 Å². The van der Waals surface area contributed by atoms with Crippen LogP contribution in [0.5, 0.6) is 0 Å². The fraction of sp³-hybridized carbons (Fsp3) is 0.625. The number of benzene rings is 1. The second-order valence-corrected chi connectivity index (χ2v) is 5.48. The monoisotopic (exact) mass is 246 g/mol. The maximum atomic E-state index is 3.59. The van der Waals surface area contributed by atoms with E-state index in [1.165, 1.54) is 42.6 Å². The Morgan fingerprint density at radius 1 is 1.33 bits per heavy atom. The fourth-order valence-corrected chi connectivity index (χ4v) is 2.75. The van der Waals surface area contributed by atoms with Crippen LogP contribution in [0.3, 0.4) is 0 Å². The Balaban J connectivity index is 1.98. The van der Waals surface area contributed by atoms with Crippen LogP contribution in [0.4, 0.5) is 0 Å². The Hall–Kier alpha value is -0.860. The molecule has 0 amide bonds. The van der Waals surface area contributed by atoms with E-state index >= 15 is 0 Å². The van der Waals surface area contributed by atoms with Crippen molar-refractivity contribution in [2.24, 2.45) is 0 Å². The molecule has 1 aliphatic rings. The highest BCUT2D eigenvalue weighted by atomic mass is 15.1. The number of nitrogens with one attached hydrogen (secondary N) is 1. The lowest BCUT2D eigenvalue weighted by molar-refractivity contribution is 0.253. The summed E-state index contributed by atoms with van der Waals surface area (Å²) in [5.74, 6) is 0. The molecule has 1 heterocycles. The standard InChI is InChI=1S/C16H26N2/c1-4-18(12-16-9-6-10-17-16)11-15-8-5-7-13(2)14(15)3/h5,7-8,16-17H,4,6,9-12H2,1-3H3. The van der Waals surface area contributed by atoms with Crippen molar-refractivity contribution in [1.82, 2.24) is 10.2 Å². The Kier molecular flexibility index (Phi) is 4.79. The van der Waals surface area contributed by atoms with E-state index in [2.05, 4.69) is 49.2 Å². The minimum Gasteiger partial charge on any atom is -0.313 e. The van der Waals surface area contributed by atoms with E-state index in [-0.39, 0.29) is 0 Å². The predicted octanol–water partition coefficient (Wildman–Crippen LogP) is 2.88. The van der Waals surface area contributed by atoms with E-state index in [1.807, 2.05) is 0 Å². The molecule has 1 fully saturated rings. The molecule has 1 unspecified atom stereocenters. The molecular weight excluding hydrogens is 220 g/mol. The maximum Gasteiger partial charge on any atom is 0.0237 e. The summed E-state index contributed by atoms with van der Waals surface area (Å²) >= 11 is 0. The van der Waals surface area contributed by atoms with Gasteiger partial charge in [-0.2, -0.15) is 0 Å². The van der Waals surface area contributed by atoms with Crippen LogP contribution in [0, 0.1) is 13.8 Å². The summed E-state index contributed by atoms with van der Waals surface area (Å²) < 4.78 is 0. The maximum absolute atomic E-state index is 3.59. The quantitative estimate of drug-likeness (QED) is 0.859. The van der Waals surface area contributed by atoms with Crippen molar-refractivity contribution < 1.29 is 0 Å². The first-order chi connectivity index (χ1) is 8.70. The average molecular weight is 246 g/mol. The molecule has 1 aliphatic heterocycles. The highest BCUT2D eigenvalue weighted by Gasteiger charge is 2.17. The number of aryl methyl sites for hydroxylation is 1. The molecular formula is C16H26N2. The lowest BCUT2D eigenvalue weighted by Crippen LogP contribution is -2.37. The lowest BCUT2D eigenvalue weighted by Gasteiger charge is -2.25. The zero-order valence-corrected chi connectivity index (χ0v) is 12.0. The molecule has 2 heteroatoms. The second-order valence-electron chi connectivity index (χ2n) is 5.48. The Labute approximate surface area is 111 Å². The second kappa shape index (κ2) is 6.35. The molecule has 0 saturated carbocycles. The zero-order chi connectivity index (χ0) is 13.0. The predicted molar refractivity (Wildman–Crippen MR) is 77.9 cm³/mol. The van der Waals surface area contributed by atoms with Crippen LogP contribution >= 0.6 is 0 Å². The van der Waals surface area contributed by atoms with Crippen molar-refractivity contribution >= 4 is 0 Å². The van der Waals surface area contributed by atoms with E-state index in [0.717, 1.165) is 13.1 Å². The van der Waals surface area contributed by atoms with Gasteiger partial charge in [0.15, 0.2) is 0 Å². The van der Waals surface area contributed by atoms with Gasteiger partial charge in [-0.15, -0.1) is 0 Å². The zero-order valence-electron chi connectivity index (χ0n) is 12.0. The molecule has 2 rings (SSSR count). The highest BCUT2D eigenvalue weighted by molar-refractivity contribution is 5.32. The molecule has 1 atom stereocenters. The number of hydrogen-bond donors (Lipinski definition) is 1. The highest BCUT2D eigenvalue weighted by Crippen LogP contribution is 2.16. The normalized spacial score (nSPS) is 19.7. The van der Waals surface area contributed by atoms with Crippen LogP contribution in [0.25, 0.3) is 0 Å². The largest absolute Gasteiger partial charge is 0.313 e. The van der Waals surface area contributed by atoms with Gasteiger partial charge >= 0.3 is 0 Å². The van der Waals surface area contributed by atoms with Crippen molar-refractivity contribution in [3.05, 3.63) is 34.9 Å². The number of hydrogen-bond acceptors (Lipinski definition) is 2. The van der Waals surface area contributed by atoms with Crippen LogP contribution in [0.1, 0.15) is 36.5 Å². The Morgan fingerprint density at radius 2 is 2.17 bits per heavy atom. The third-order valence-corrected chi connectivity index (χ3v) is 4.20. The molecule has 0 spiro atoms. The third-order valence-electron chi connectivity index (χ3n) is 4.20. The van der Waals surface area contributed by atoms with Crippen LogP contribution in [0.2, 0.25) is 0 Å². The van der Waals surface area contributed by atoms with E-state index in [1.54, 1.807) is 0 Å². The third kappa shape index (κ3) is 3.33. The van der Waals surface area contributed by atoms with E-state index in [9.17, 15) is 0 Å². The molecule has 1 N–H and O–H groups in total. The first-order valence-electron chi connectivity index (χ1n) is 7.21. The van der Waals surface area contributed by atoms with Crippen LogP contribution in [-0.2, 0) is 6.54 Å². The number of rotatable bonds is 5. The van der Waals surface area contributed by atoms with Gasteiger partial charge in [0, 0.05) is 19.1 Å². The fourth-order valence-electron chi connectivity index (χ4n) is 2.75. The topological polar surface area (TPSA) is 15.3 Å². The van der Waals surface area contributed by atoms with E-state index in [4.69, 9.17) is 0 Å². The number of likely N-dealkylation sites (N-methyl/N-ethyl adjacent to an activating group) is 1. The average Bonchev–Trinajstić information content (AvgIpc) is 2.86. The summed E-state index contributed by atoms with van der Waals surface area (Å²) in [4.78, 5) is 2.56. The molecule has 0 aliphatic carbocycles. The Morgan fingerprint density at radius 3 is 2.83 bits per heavy atom. The van der Waals surface area contributed by atoms with Gasteiger partial charge in [-0.3, -0.25) is 4.90 Å². The summed E-state index contributed by atoms with van der Waals surface area (Å²) in [6.07, 6.45) is 2.68. The molecule has 1 aromatic rings. The lowest BCUT2D eigenvalue weighted by atomic mass is 10.0. The first-order valence-corrected chi connectivity index (χ1v) is 7.21. The molecule has 0 radical (unpaired) electrons. The Bertz CT molecular complexity index is 381. The van der Waals surface area contributed by atoms with Gasteiger partial charge in [0.2, 0.25) is 0 Å². The smallest absolute Gasteiger partial charge is 0.0237 e. The van der Waals surface area contributed by atoms with E-state index in [0.29, 0.717) is 6.04 Å². The minimum atomic E-state index is 0.704. The molecule has 18 heavy (non-hydrogen) atoms. The number of nitrogens with zero attached hydrogens (tertiary/aromatic N) is 1. The van der Waals surface area contributed by atoms with Crippen molar-refractivity contribution in [3.8, 4) is 0 Å². The van der Waals surface area contributed by atoms with Crippen LogP contribution in [0.15, 0.2) is 18.2 Å². The molecule has 0 bridgehead atoms. The SMILES string of the molecule is CCN(Cc1cccc(C)c1C)CC1CCCN1. The first kappa shape index (κ1) is 13.6. The van der Waals surface area contributed by atoms with E-state index < -0.39 is 0 Å². The summed E-state index contributed by atoms with van der Waals surface area (Å²) in [6.45, 7) is 11.3. The summed E-state index contributed by atoms with van der Waals surface area (Å²) in [5, 5.41) is 3.59. The molecule has 0 aromatic heterocycles. The van der Waals surface area contributed by atoms with Crippen molar-refractivity contribution in [3.63, 3.8) is 0 Å². The van der Waals surface area contributed by atoms with Crippen molar-refractivity contribution in [1.29, 1.82) is 0 Å². The van der Waals surface area contributed by atoms with Gasteiger partial charge in [-0.05, 0) is 56.5 Å². The minimum absolute atomic E-state index is 0.704. The summed E-state index contributed by atoms with van der Waals surface area (Å²) in [7, 11) is 0. The van der Waals surface area contributed by atoms with Gasteiger partial charge < -0.3 is 5.32 Å². The molecule has 1 saturated heterocycles. The molecule has 1 aromatic carbocycles. The van der Waals surface area contributed by atoms with Gasteiger partial charge in [0.1, 0.15) is 0 Å². The van der Waals surface area contributed by atoms with Crippen molar-refractivity contribution in [2.75, 3.05) is 19.6 Å². The molecule has 2 nitrogen and oxygen atoms in total. The van der Waals surface area contributed by atoms with Gasteiger partial charge in [-0.25, -0.2) is 0 Å². The summed E-state index contributed by atoms with van der Waals surface area (Å²) in [5.41, 5.74) is 4.34. The van der Waals surface area contributed by atoms with Crippen molar-refractivity contribution in [2.45, 2.75) is 46.2 Å². The summed E-state index contributed by atoms with van der Waals surface area (Å²) in [6, 6.07) is 7.36. The van der Waals surface area contributed by atoms with Gasteiger partial charge in [0.25, 0.3) is 0 Å². The van der Waals surface area contributed by atoms with Crippen LogP contribution in [-0.4, -0.2) is 30.6 Å². The van der Waals surface area contributed by atoms with Crippen LogP contribution < -0.4 is 5.32 Å².